The molecule has 2 heterocycles. The molecule has 1 aliphatic heterocycles. The van der Waals surface area contributed by atoms with Gasteiger partial charge in [-0.2, -0.15) is 0 Å². The van der Waals surface area contributed by atoms with Gasteiger partial charge in [0, 0.05) is 30.7 Å². The lowest BCUT2D eigenvalue weighted by Crippen LogP contribution is -2.28. The van der Waals surface area contributed by atoms with Crippen molar-refractivity contribution < 1.29 is 0 Å². The highest BCUT2D eigenvalue weighted by atomic mass is 35.5. The van der Waals surface area contributed by atoms with Gasteiger partial charge in [0.25, 0.3) is 0 Å². The molecule has 0 aromatic carbocycles. The van der Waals surface area contributed by atoms with E-state index in [4.69, 9.17) is 11.6 Å². The third kappa shape index (κ3) is 3.41. The van der Waals surface area contributed by atoms with Gasteiger partial charge in [-0.3, -0.25) is 4.90 Å². The van der Waals surface area contributed by atoms with Crippen LogP contribution in [0.15, 0.2) is 6.20 Å². The van der Waals surface area contributed by atoms with Gasteiger partial charge in [-0.15, -0.1) is 11.3 Å². The van der Waals surface area contributed by atoms with Crippen molar-refractivity contribution in [3.63, 3.8) is 0 Å². The molecule has 84 valence electrons. The Morgan fingerprint density at radius 3 is 3.00 bits per heavy atom. The molecule has 1 fully saturated rings. The lowest BCUT2D eigenvalue weighted by atomic mass is 10.4. The van der Waals surface area contributed by atoms with Gasteiger partial charge in [0.1, 0.15) is 0 Å². The van der Waals surface area contributed by atoms with Crippen molar-refractivity contribution in [2.24, 2.45) is 0 Å². The fourth-order valence-electron chi connectivity index (χ4n) is 1.84. The SMILES string of the molecule is CN1CCCN(Cc2cnc(Cl)s2)CC1. The predicted molar refractivity (Wildman–Crippen MR) is 64.5 cm³/mol. The van der Waals surface area contributed by atoms with Crippen LogP contribution in [0.3, 0.4) is 0 Å². The maximum absolute atomic E-state index is 5.81. The van der Waals surface area contributed by atoms with Crippen molar-refractivity contribution in [2.75, 3.05) is 33.2 Å². The smallest absolute Gasteiger partial charge is 0.183 e. The minimum absolute atomic E-state index is 0.650. The summed E-state index contributed by atoms with van der Waals surface area (Å²) in [4.78, 5) is 10.2. The van der Waals surface area contributed by atoms with Crippen LogP contribution >= 0.6 is 22.9 Å². The van der Waals surface area contributed by atoms with E-state index in [9.17, 15) is 0 Å². The van der Waals surface area contributed by atoms with Crippen molar-refractivity contribution in [1.29, 1.82) is 0 Å². The summed E-state index contributed by atoms with van der Waals surface area (Å²) < 4.78 is 0.650. The van der Waals surface area contributed by atoms with Gasteiger partial charge in [-0.1, -0.05) is 11.6 Å². The predicted octanol–water partition coefficient (Wildman–Crippen LogP) is 1.93. The number of rotatable bonds is 2. The lowest BCUT2D eigenvalue weighted by Gasteiger charge is -2.18. The zero-order valence-electron chi connectivity index (χ0n) is 8.95. The van der Waals surface area contributed by atoms with Gasteiger partial charge in [0.2, 0.25) is 0 Å². The molecule has 0 bridgehead atoms. The van der Waals surface area contributed by atoms with Crippen LogP contribution < -0.4 is 0 Å². The van der Waals surface area contributed by atoms with E-state index in [-0.39, 0.29) is 0 Å². The number of thiazole rings is 1. The summed E-state index contributed by atoms with van der Waals surface area (Å²) in [7, 11) is 2.19. The zero-order valence-corrected chi connectivity index (χ0v) is 10.5. The number of hydrogen-bond donors (Lipinski definition) is 0. The van der Waals surface area contributed by atoms with Gasteiger partial charge in [-0.05, 0) is 26.6 Å². The van der Waals surface area contributed by atoms with Gasteiger partial charge >= 0.3 is 0 Å². The molecule has 0 unspecified atom stereocenters. The van der Waals surface area contributed by atoms with E-state index < -0.39 is 0 Å². The number of hydrogen-bond acceptors (Lipinski definition) is 4. The fraction of sp³-hybridized carbons (Fsp3) is 0.700. The van der Waals surface area contributed by atoms with Crippen molar-refractivity contribution in [2.45, 2.75) is 13.0 Å². The van der Waals surface area contributed by atoms with Crippen LogP contribution in [-0.2, 0) is 6.54 Å². The van der Waals surface area contributed by atoms with E-state index in [0.717, 1.165) is 19.6 Å². The number of aromatic nitrogens is 1. The fourth-order valence-corrected chi connectivity index (χ4v) is 2.86. The topological polar surface area (TPSA) is 19.4 Å². The summed E-state index contributed by atoms with van der Waals surface area (Å²) in [5.74, 6) is 0. The van der Waals surface area contributed by atoms with Crippen molar-refractivity contribution >= 4 is 22.9 Å². The Kier molecular flexibility index (Phi) is 3.97. The van der Waals surface area contributed by atoms with Crippen LogP contribution in [0, 0.1) is 0 Å². The number of nitrogens with zero attached hydrogens (tertiary/aromatic N) is 3. The van der Waals surface area contributed by atoms with Crippen LogP contribution in [0.1, 0.15) is 11.3 Å². The molecular formula is C10H16ClN3S. The average Bonchev–Trinajstić information content (AvgIpc) is 2.48. The molecule has 1 aromatic heterocycles. The highest BCUT2D eigenvalue weighted by molar-refractivity contribution is 7.15. The summed E-state index contributed by atoms with van der Waals surface area (Å²) in [6, 6.07) is 0. The molecule has 0 atom stereocenters. The van der Waals surface area contributed by atoms with E-state index in [1.807, 2.05) is 6.20 Å². The Morgan fingerprint density at radius 2 is 2.27 bits per heavy atom. The first-order chi connectivity index (χ1) is 7.24. The lowest BCUT2D eigenvalue weighted by molar-refractivity contribution is 0.271. The first-order valence-corrected chi connectivity index (χ1v) is 6.44. The Bertz CT molecular complexity index is 315. The van der Waals surface area contributed by atoms with E-state index in [0.29, 0.717) is 4.47 Å². The van der Waals surface area contributed by atoms with E-state index >= 15 is 0 Å². The molecule has 1 aromatic rings. The third-order valence-corrected chi connectivity index (χ3v) is 3.82. The largest absolute Gasteiger partial charge is 0.305 e. The minimum Gasteiger partial charge on any atom is -0.305 e. The summed E-state index contributed by atoms with van der Waals surface area (Å²) in [6.45, 7) is 5.69. The van der Waals surface area contributed by atoms with Gasteiger partial charge < -0.3 is 4.90 Å². The number of likely N-dealkylation sites (N-methyl/N-ethyl adjacent to an activating group) is 1. The summed E-state index contributed by atoms with van der Waals surface area (Å²) in [5, 5.41) is 0. The first-order valence-electron chi connectivity index (χ1n) is 5.25. The van der Waals surface area contributed by atoms with Gasteiger partial charge in [0.15, 0.2) is 4.47 Å². The van der Waals surface area contributed by atoms with Crippen LogP contribution in [0.5, 0.6) is 0 Å². The molecule has 3 nitrogen and oxygen atoms in total. The Hall–Kier alpha value is -0.160. The molecule has 0 N–H and O–H groups in total. The monoisotopic (exact) mass is 245 g/mol. The second-order valence-electron chi connectivity index (χ2n) is 4.01. The first kappa shape index (κ1) is 11.3. The molecule has 1 aliphatic rings. The second kappa shape index (κ2) is 5.25. The minimum atomic E-state index is 0.650. The van der Waals surface area contributed by atoms with Crippen molar-refractivity contribution in [3.05, 3.63) is 15.5 Å². The molecular weight excluding hydrogens is 230 g/mol. The standard InChI is InChI=1S/C10H16ClN3S/c1-13-3-2-4-14(6-5-13)8-9-7-12-10(11)15-9/h7H,2-6,8H2,1H3. The molecule has 1 saturated heterocycles. The molecule has 2 rings (SSSR count). The van der Waals surface area contributed by atoms with Crippen LogP contribution in [-0.4, -0.2) is 48.0 Å². The van der Waals surface area contributed by atoms with E-state index in [1.165, 1.54) is 24.4 Å². The Labute approximate surface area is 99.7 Å². The van der Waals surface area contributed by atoms with Crippen molar-refractivity contribution in [3.8, 4) is 0 Å². The average molecular weight is 246 g/mol. The molecule has 0 spiro atoms. The second-order valence-corrected chi connectivity index (χ2v) is 5.71. The molecule has 0 radical (unpaired) electrons. The normalized spacial score (nSPS) is 20.4. The van der Waals surface area contributed by atoms with Gasteiger partial charge in [-0.25, -0.2) is 4.98 Å². The maximum atomic E-state index is 5.81. The van der Waals surface area contributed by atoms with E-state index in [2.05, 4.69) is 21.8 Å². The summed E-state index contributed by atoms with van der Waals surface area (Å²) in [6.07, 6.45) is 3.14. The molecule has 15 heavy (non-hydrogen) atoms. The molecule has 0 aliphatic carbocycles. The highest BCUT2D eigenvalue weighted by Gasteiger charge is 2.13. The molecule has 0 amide bonds. The zero-order chi connectivity index (χ0) is 10.7. The van der Waals surface area contributed by atoms with Crippen molar-refractivity contribution in [1.82, 2.24) is 14.8 Å². The van der Waals surface area contributed by atoms with Crippen LogP contribution in [0.2, 0.25) is 4.47 Å². The van der Waals surface area contributed by atoms with Crippen LogP contribution in [0.25, 0.3) is 0 Å². The third-order valence-electron chi connectivity index (χ3n) is 2.72. The summed E-state index contributed by atoms with van der Waals surface area (Å²) in [5.41, 5.74) is 0. The molecule has 5 heteroatoms. The Balaban J connectivity index is 1.88. The van der Waals surface area contributed by atoms with Crippen LogP contribution in [0.4, 0.5) is 0 Å². The molecule has 0 saturated carbocycles. The maximum Gasteiger partial charge on any atom is 0.183 e. The Morgan fingerprint density at radius 1 is 1.40 bits per heavy atom. The summed E-state index contributed by atoms with van der Waals surface area (Å²) >= 11 is 7.40. The highest BCUT2D eigenvalue weighted by Crippen LogP contribution is 2.19. The van der Waals surface area contributed by atoms with E-state index in [1.54, 1.807) is 11.3 Å². The number of halogens is 1. The quantitative estimate of drug-likeness (QED) is 0.794. The van der Waals surface area contributed by atoms with Gasteiger partial charge in [0.05, 0.1) is 0 Å².